The zero-order chi connectivity index (χ0) is 86.7. The summed E-state index contributed by atoms with van der Waals surface area (Å²) in [7, 11) is 0. The minimum absolute atomic E-state index is 0.0453. The van der Waals surface area contributed by atoms with Gasteiger partial charge < -0.3 is 28.8 Å². The van der Waals surface area contributed by atoms with Gasteiger partial charge in [0, 0.05) is 6.61 Å². The fraction of sp³-hybridized carbons (Fsp3) is 1.00. The van der Waals surface area contributed by atoms with Crippen molar-refractivity contribution in [1.29, 1.82) is 0 Å². The second-order valence-corrected chi connectivity index (χ2v) is 45.7. The lowest BCUT2D eigenvalue weighted by Crippen LogP contribution is -2.60. The Morgan fingerprint density at radius 1 is 0.297 bits per heavy atom. The molecule has 0 aliphatic carbocycles. The summed E-state index contributed by atoms with van der Waals surface area (Å²) >= 11 is 0. The Morgan fingerprint density at radius 2 is 0.568 bits per heavy atom. The predicted molar refractivity (Wildman–Crippen MR) is 521 cm³/mol. The van der Waals surface area contributed by atoms with E-state index in [0.29, 0.717) is 35.9 Å². The summed E-state index contributed by atoms with van der Waals surface area (Å²) in [5.74, 6) is 9.28. The van der Waals surface area contributed by atoms with Crippen molar-refractivity contribution < 1.29 is 28.8 Å². The van der Waals surface area contributed by atoms with Gasteiger partial charge in [-0.2, -0.15) is 0 Å². The third kappa shape index (κ3) is 56.2. The summed E-state index contributed by atoms with van der Waals surface area (Å²) in [6.07, 6.45) is 89.5. The quantitative estimate of drug-likeness (QED) is 0.0483. The van der Waals surface area contributed by atoms with Gasteiger partial charge in [0.25, 0.3) is 0 Å². The van der Waals surface area contributed by atoms with E-state index < -0.39 is 22.4 Å². The molecule has 118 heavy (non-hydrogen) atoms. The van der Waals surface area contributed by atoms with Gasteiger partial charge in [-0.3, -0.25) is 0 Å². The Hall–Kier alpha value is -0.240. The van der Waals surface area contributed by atoms with Crippen LogP contribution >= 0.6 is 0 Å². The summed E-state index contributed by atoms with van der Waals surface area (Å²) in [6.45, 7) is 51.8. The summed E-state index contributed by atoms with van der Waals surface area (Å²) in [6, 6.07) is 0. The third-order valence-electron chi connectivity index (χ3n) is 30.5. The van der Waals surface area contributed by atoms with Crippen LogP contribution < -0.4 is 0 Å². The third-order valence-corrected chi connectivity index (χ3v) is 30.5. The normalized spacial score (nSPS) is 22.9. The van der Waals surface area contributed by atoms with Gasteiger partial charge in [0.05, 0.1) is 59.0 Å². The lowest BCUT2D eigenvalue weighted by Gasteiger charge is -2.53. The highest BCUT2D eigenvalue weighted by Crippen LogP contribution is 2.48. The minimum atomic E-state index is -0.874. The first-order valence-corrected chi connectivity index (χ1v) is 54.5. The number of epoxide rings is 1. The molecule has 0 radical (unpaired) electrons. The van der Waals surface area contributed by atoms with E-state index in [1.807, 2.05) is 0 Å². The van der Waals surface area contributed by atoms with E-state index in [2.05, 4.69) is 145 Å². The largest absolute Gasteiger partial charge is 0.387 e. The second kappa shape index (κ2) is 67.9. The van der Waals surface area contributed by atoms with Gasteiger partial charge in [-0.1, -0.05) is 484 Å². The molecule has 0 unspecified atom stereocenters. The molecule has 0 amide bonds. The van der Waals surface area contributed by atoms with E-state index in [1.54, 1.807) is 0 Å². The van der Waals surface area contributed by atoms with E-state index in [-0.39, 0.29) is 24.4 Å². The van der Waals surface area contributed by atoms with Crippen LogP contribution in [0.1, 0.15) is 582 Å². The Bertz CT molecular complexity index is 2230. The van der Waals surface area contributed by atoms with Crippen LogP contribution in [0.2, 0.25) is 0 Å². The van der Waals surface area contributed by atoms with Gasteiger partial charge >= 0.3 is 0 Å². The van der Waals surface area contributed by atoms with Gasteiger partial charge in [0.1, 0.15) is 0 Å². The molecule has 3 aliphatic heterocycles. The second-order valence-electron chi connectivity index (χ2n) is 45.7. The van der Waals surface area contributed by atoms with Crippen molar-refractivity contribution in [2.24, 2.45) is 71.0 Å². The van der Waals surface area contributed by atoms with Crippen molar-refractivity contribution in [3.8, 4) is 0 Å². The van der Waals surface area contributed by atoms with Gasteiger partial charge in [0.15, 0.2) is 0 Å². The van der Waals surface area contributed by atoms with E-state index in [1.165, 1.54) is 360 Å². The van der Waals surface area contributed by atoms with Crippen molar-refractivity contribution >= 4 is 0 Å². The highest BCUT2D eigenvalue weighted by molar-refractivity contribution is 5.02. The molecule has 18 atom stereocenters. The van der Waals surface area contributed by atoms with Crippen molar-refractivity contribution in [2.75, 3.05) is 6.61 Å². The fourth-order valence-corrected chi connectivity index (χ4v) is 21.6. The van der Waals surface area contributed by atoms with Gasteiger partial charge in [0.2, 0.25) is 0 Å². The lowest BCUT2D eigenvalue weighted by atomic mass is 9.78. The van der Waals surface area contributed by atoms with Crippen LogP contribution in [0.15, 0.2) is 0 Å². The maximum atomic E-state index is 12.6. The molecule has 3 saturated heterocycles. The topological polar surface area (TPSA) is 69.7 Å². The Morgan fingerprint density at radius 3 is 0.907 bits per heavy atom. The molecule has 1 N–H and O–H groups in total. The first-order valence-electron chi connectivity index (χ1n) is 54.5. The smallest absolute Gasteiger partial charge is 0.0924 e. The Balaban J connectivity index is 1.72. The van der Waals surface area contributed by atoms with Crippen molar-refractivity contribution in [3.63, 3.8) is 0 Å². The molecule has 0 bridgehead atoms. The van der Waals surface area contributed by atoms with Gasteiger partial charge in [-0.25, -0.2) is 0 Å². The van der Waals surface area contributed by atoms with Gasteiger partial charge in [-0.05, 0) is 169 Å². The first-order chi connectivity index (χ1) is 56.5. The van der Waals surface area contributed by atoms with Crippen molar-refractivity contribution in [1.82, 2.24) is 0 Å². The summed E-state index contributed by atoms with van der Waals surface area (Å²) in [5, 5.41) is 12.6. The van der Waals surface area contributed by atoms with E-state index in [4.69, 9.17) is 23.7 Å². The van der Waals surface area contributed by atoms with Crippen LogP contribution in [0.5, 0.6) is 0 Å². The average molecular weight is 1660 g/mol. The maximum absolute atomic E-state index is 12.6. The standard InChI is InChI=1S/C112H220O6/c1-22-23-24-25-42-45-80-103-104(115-103)81-46-43-40-38-36-34-32-30-28-26-27-29-31-33-35-37-39-41-44-47-90-114-106-83-85-108(117-110(106,19)87-57-77-100(15)73-53-69-96(11)65-49-61-92(4)5)112(21,89-59-79-102(17)75-55-71-98(13)67-51-63-94(8)9)118-111(20,88-58-78-101(16)74-54-70-97(12)66-50-62-93(6)7)107-84-82-105(116-107)109(18,113)86-56-76-99(14)72-52-68-95(10)64-48-60-91(2)3/h91-108,113H,22-90H2,1-21H3/t95-,96-,97-,98-,99-,100-,101-,102-,103-,104-,105+,106-,107-,108+,109+,110+,111+,112+/m1/s1. The zero-order valence-corrected chi connectivity index (χ0v) is 84.7. The number of hydrogen-bond donors (Lipinski definition) is 1. The molecule has 3 fully saturated rings. The number of ether oxygens (including phenoxy) is 5. The molecule has 0 aromatic heterocycles. The summed E-state index contributed by atoms with van der Waals surface area (Å²) < 4.78 is 37.1. The number of rotatable bonds is 84. The summed E-state index contributed by atoms with van der Waals surface area (Å²) in [5.41, 5.74) is -2.31. The van der Waals surface area contributed by atoms with E-state index in [9.17, 15) is 5.11 Å². The molecule has 0 spiro atoms. The Labute approximate surface area is 743 Å². The minimum Gasteiger partial charge on any atom is -0.387 e. The Kier molecular flexibility index (Phi) is 64.4. The van der Waals surface area contributed by atoms with Crippen LogP contribution in [0, 0.1) is 71.0 Å². The molecule has 3 rings (SSSR count). The van der Waals surface area contributed by atoms with Gasteiger partial charge in [-0.15, -0.1) is 0 Å². The molecule has 0 aromatic rings. The number of aliphatic hydroxyl groups is 1. The van der Waals surface area contributed by atoms with Crippen LogP contribution in [-0.2, 0) is 23.7 Å². The lowest BCUT2D eigenvalue weighted by molar-refractivity contribution is -0.287. The number of unbranched alkanes of at least 4 members (excludes halogenated alkanes) is 24. The molecule has 0 aromatic carbocycles. The molecule has 6 nitrogen and oxygen atoms in total. The molecule has 3 heterocycles. The highest BCUT2D eigenvalue weighted by atomic mass is 16.6. The van der Waals surface area contributed by atoms with Crippen molar-refractivity contribution in [3.05, 3.63) is 0 Å². The van der Waals surface area contributed by atoms with E-state index in [0.717, 1.165) is 131 Å². The average Bonchev–Trinajstić information content (AvgIpc) is 1.24. The molecular weight excluding hydrogens is 1440 g/mol. The van der Waals surface area contributed by atoms with Crippen molar-refractivity contribution in [2.45, 2.75) is 641 Å². The maximum Gasteiger partial charge on any atom is 0.0924 e. The zero-order valence-electron chi connectivity index (χ0n) is 84.7. The molecule has 0 saturated carbocycles. The van der Waals surface area contributed by atoms with Crippen LogP contribution in [0.4, 0.5) is 0 Å². The number of hydrogen-bond acceptors (Lipinski definition) is 6. The molecule has 3 aliphatic rings. The molecular formula is C112H220O6. The van der Waals surface area contributed by atoms with Crippen LogP contribution in [-0.4, -0.2) is 70.7 Å². The monoisotopic (exact) mass is 1660 g/mol. The van der Waals surface area contributed by atoms with Crippen LogP contribution in [0.25, 0.3) is 0 Å². The fourth-order valence-electron chi connectivity index (χ4n) is 21.6. The highest BCUT2D eigenvalue weighted by Gasteiger charge is 2.54. The first kappa shape index (κ1) is 112. The molecule has 6 heteroatoms. The SMILES string of the molecule is CCCCCCCC[C@H]1O[C@@H]1CCCCCCCCCCCCCCCCCCCCCCO[C@@H]1CC[C@@H]([C@](C)(CCC[C@H](C)CCC[C@H](C)CCCC(C)C)O[C@@](C)(CCC[C@H](C)CCC[C@H](C)CCCC(C)C)[C@H]2CC[C@@H]([C@@](C)(O)CCC[C@H](C)CCC[C@H](C)CCCC(C)C)O2)O[C@@]1(C)CCC[C@H](C)CCC[C@H](C)CCCC(C)C. The summed E-state index contributed by atoms with van der Waals surface area (Å²) in [4.78, 5) is 0. The van der Waals surface area contributed by atoms with Crippen LogP contribution in [0.3, 0.4) is 0 Å². The van der Waals surface area contributed by atoms with E-state index >= 15 is 0 Å². The molecule has 704 valence electrons. The predicted octanol–water partition coefficient (Wildman–Crippen LogP) is 36.6.